The quantitative estimate of drug-likeness (QED) is 0.0518. The second-order valence-electron chi connectivity index (χ2n) is 21.1. The van der Waals surface area contributed by atoms with Crippen molar-refractivity contribution >= 4 is 58.8 Å². The van der Waals surface area contributed by atoms with Gasteiger partial charge in [0, 0.05) is 50.1 Å². The Morgan fingerprint density at radius 1 is 0.330 bits per heavy atom. The summed E-state index contributed by atoms with van der Waals surface area (Å²) in [6.45, 7) is 4.35. The van der Waals surface area contributed by atoms with Gasteiger partial charge in [0.1, 0.15) is 11.5 Å². The summed E-state index contributed by atoms with van der Waals surface area (Å²) in [5.74, 6) is -2.83. The van der Waals surface area contributed by atoms with Crippen molar-refractivity contribution in [2.24, 2.45) is 0 Å². The largest absolute Gasteiger partial charge is 0.508 e. The number of phenolic OH excluding ortho intramolecular Hbond substituents is 2. The standard InChI is InChI=1S/C18H17NO3.C18H15NO3.C17H15NO4.C17H13NO4/c2*1-12-5-4-6-13(11-12)16(20)9-10-19-17(21)14-7-2-3-8-15(14)18(19)22;2*19-12-5-3-4-11(10-12)15(20)8-9-18-16(21)13-6-1-2-7-14(13)17(18)22/h2-8,11,16,20H,9-10H2,1H3;2-8,11H,9-10H2,1H3;1-7,10,15,19-20H,8-9H2;1-7,10,19H,8-9H2. The Hall–Kier alpha value is -10.8. The normalized spacial score (nSPS) is 14.2. The van der Waals surface area contributed by atoms with Crippen LogP contribution in [-0.2, 0) is 0 Å². The van der Waals surface area contributed by atoms with Crippen molar-refractivity contribution in [1.29, 1.82) is 0 Å². The molecule has 444 valence electrons. The van der Waals surface area contributed by atoms with Gasteiger partial charge in [-0.1, -0.05) is 126 Å². The monoisotopic (exact) mass is 1180 g/mol. The van der Waals surface area contributed by atoms with E-state index >= 15 is 0 Å². The Bertz CT molecular complexity index is 3680. The van der Waals surface area contributed by atoms with Crippen molar-refractivity contribution < 1.29 is 68.4 Å². The third-order valence-corrected chi connectivity index (χ3v) is 15.1. The van der Waals surface area contributed by atoms with Gasteiger partial charge < -0.3 is 20.4 Å². The minimum Gasteiger partial charge on any atom is -0.508 e. The van der Waals surface area contributed by atoms with Gasteiger partial charge in [0.05, 0.1) is 56.7 Å². The molecule has 2 unspecified atom stereocenters. The first kappa shape index (κ1) is 61.7. The summed E-state index contributed by atoms with van der Waals surface area (Å²) >= 11 is 0. The number of aromatic hydroxyl groups is 2. The first-order chi connectivity index (χ1) is 42.3. The molecule has 8 aromatic rings. The van der Waals surface area contributed by atoms with Gasteiger partial charge in [0.15, 0.2) is 11.6 Å². The van der Waals surface area contributed by atoms with E-state index in [1.807, 2.05) is 56.3 Å². The highest BCUT2D eigenvalue weighted by atomic mass is 16.3. The smallest absolute Gasteiger partial charge is 0.261 e. The van der Waals surface area contributed by atoms with Crippen LogP contribution in [0.1, 0.15) is 164 Å². The van der Waals surface area contributed by atoms with Gasteiger partial charge in [-0.05, 0) is 117 Å². The van der Waals surface area contributed by atoms with E-state index in [9.17, 15) is 68.4 Å². The van der Waals surface area contributed by atoms with E-state index < -0.39 is 12.2 Å². The number of carbonyl (C=O) groups excluding carboxylic acids is 10. The number of imide groups is 4. The number of nitrogens with zero attached hydrogens (tertiary/aromatic N) is 4. The number of fused-ring (bicyclic) bond motifs is 4. The number of rotatable bonds is 16. The summed E-state index contributed by atoms with van der Waals surface area (Å²) < 4.78 is 0. The molecule has 0 bridgehead atoms. The zero-order valence-corrected chi connectivity index (χ0v) is 47.9. The molecule has 12 rings (SSSR count). The summed E-state index contributed by atoms with van der Waals surface area (Å²) in [6.07, 6.45) is -0.839. The van der Waals surface area contributed by atoms with Crippen LogP contribution < -0.4 is 0 Å². The van der Waals surface area contributed by atoms with Crippen molar-refractivity contribution in [2.75, 3.05) is 26.2 Å². The van der Waals surface area contributed by atoms with Crippen LogP contribution in [0.15, 0.2) is 194 Å². The first-order valence-electron chi connectivity index (χ1n) is 28.3. The maximum absolute atomic E-state index is 12.2. The summed E-state index contributed by atoms with van der Waals surface area (Å²) in [5.41, 5.74) is 7.65. The van der Waals surface area contributed by atoms with Gasteiger partial charge in [-0.2, -0.15) is 0 Å². The number of amides is 8. The van der Waals surface area contributed by atoms with Crippen molar-refractivity contribution in [3.8, 4) is 11.5 Å². The van der Waals surface area contributed by atoms with Gasteiger partial charge in [0.2, 0.25) is 0 Å². The number of phenols is 2. The molecule has 0 aromatic heterocycles. The zero-order valence-electron chi connectivity index (χ0n) is 47.9. The molecule has 0 saturated carbocycles. The minimum atomic E-state index is -0.851. The van der Waals surface area contributed by atoms with E-state index in [0.29, 0.717) is 67.6 Å². The lowest BCUT2D eigenvalue weighted by molar-refractivity contribution is 0.0604. The Kier molecular flexibility index (Phi) is 19.3. The van der Waals surface area contributed by atoms with Gasteiger partial charge in [0.25, 0.3) is 47.3 Å². The number of aliphatic hydroxyl groups is 2. The second-order valence-corrected chi connectivity index (χ2v) is 21.1. The van der Waals surface area contributed by atoms with Gasteiger partial charge in [-0.25, -0.2) is 0 Å². The van der Waals surface area contributed by atoms with Crippen LogP contribution >= 0.6 is 0 Å². The van der Waals surface area contributed by atoms with E-state index in [4.69, 9.17) is 0 Å². The maximum atomic E-state index is 12.2. The van der Waals surface area contributed by atoms with Crippen LogP contribution in [0.2, 0.25) is 0 Å². The third-order valence-electron chi connectivity index (χ3n) is 15.1. The van der Waals surface area contributed by atoms with Crippen molar-refractivity contribution in [1.82, 2.24) is 19.6 Å². The fraction of sp³-hybridized carbons (Fsp3) is 0.171. The van der Waals surface area contributed by atoms with E-state index in [2.05, 4.69) is 0 Å². The molecule has 0 spiro atoms. The van der Waals surface area contributed by atoms with Crippen LogP contribution in [-0.4, -0.2) is 125 Å². The lowest BCUT2D eigenvalue weighted by atomic mass is 10.0. The lowest BCUT2D eigenvalue weighted by Crippen LogP contribution is -2.31. The number of aryl methyl sites for hydroxylation is 2. The lowest BCUT2D eigenvalue weighted by Gasteiger charge is -2.17. The fourth-order valence-corrected chi connectivity index (χ4v) is 10.4. The van der Waals surface area contributed by atoms with Crippen molar-refractivity contribution in [3.63, 3.8) is 0 Å². The highest BCUT2D eigenvalue weighted by Gasteiger charge is 2.38. The molecule has 4 aliphatic heterocycles. The van der Waals surface area contributed by atoms with Gasteiger partial charge >= 0.3 is 0 Å². The number of hydrogen-bond acceptors (Lipinski definition) is 14. The summed E-state index contributed by atoms with van der Waals surface area (Å²) in [6, 6.07) is 54.0. The predicted molar refractivity (Wildman–Crippen MR) is 323 cm³/mol. The van der Waals surface area contributed by atoms with Crippen LogP contribution in [0.5, 0.6) is 11.5 Å². The minimum absolute atomic E-state index is 0.00609. The number of carbonyl (C=O) groups is 10. The molecule has 8 amide bonds. The Morgan fingerprint density at radius 3 is 0.920 bits per heavy atom. The van der Waals surface area contributed by atoms with E-state index in [1.54, 1.807) is 127 Å². The van der Waals surface area contributed by atoms with E-state index in [-0.39, 0.29) is 116 Å². The molecule has 0 fully saturated rings. The van der Waals surface area contributed by atoms with Crippen LogP contribution in [0.25, 0.3) is 0 Å². The second kappa shape index (κ2) is 27.5. The highest BCUT2D eigenvalue weighted by Crippen LogP contribution is 2.29. The van der Waals surface area contributed by atoms with Crippen LogP contribution in [0.3, 0.4) is 0 Å². The predicted octanol–water partition coefficient (Wildman–Crippen LogP) is 9.95. The molecular formula is C70H60N4O14. The van der Waals surface area contributed by atoms with E-state index in [0.717, 1.165) is 31.4 Å². The maximum Gasteiger partial charge on any atom is 0.261 e. The molecule has 0 radical (unpaired) electrons. The fourth-order valence-electron chi connectivity index (χ4n) is 10.4. The van der Waals surface area contributed by atoms with Crippen molar-refractivity contribution in [2.45, 2.75) is 51.7 Å². The average molecular weight is 1180 g/mol. The SMILES string of the molecule is Cc1cccc(C(=O)CCN2C(=O)c3ccccc3C2=O)c1.Cc1cccc(C(O)CCN2C(=O)c3ccccc3C2=O)c1.O=C(CCN1C(=O)c2ccccc2C1=O)c1cccc(O)c1.O=C1c2ccccc2C(=O)N1CCC(O)c1cccc(O)c1. The zero-order chi connectivity index (χ0) is 62.8. The van der Waals surface area contributed by atoms with Gasteiger partial charge in [-0.3, -0.25) is 67.5 Å². The highest BCUT2D eigenvalue weighted by molar-refractivity contribution is 6.23. The third kappa shape index (κ3) is 13.8. The Balaban J connectivity index is 0.000000140. The summed E-state index contributed by atoms with van der Waals surface area (Å²) in [7, 11) is 0. The molecular weight excluding hydrogens is 1120 g/mol. The molecule has 2 atom stereocenters. The van der Waals surface area contributed by atoms with Crippen molar-refractivity contribution in [3.05, 3.63) is 272 Å². The summed E-state index contributed by atoms with van der Waals surface area (Å²) in [4.78, 5) is 126. The molecule has 4 N–H and O–H groups in total. The Morgan fingerprint density at radius 2 is 0.602 bits per heavy atom. The molecule has 0 saturated heterocycles. The average Bonchev–Trinajstić information content (AvgIpc) is 4.32. The Labute approximate surface area is 506 Å². The summed E-state index contributed by atoms with van der Waals surface area (Å²) in [5, 5.41) is 39.2. The number of ketones is 2. The molecule has 0 aliphatic carbocycles. The topological polar surface area (TPSA) is 265 Å². The molecule has 8 aromatic carbocycles. The van der Waals surface area contributed by atoms with E-state index in [1.165, 1.54) is 29.2 Å². The first-order valence-corrected chi connectivity index (χ1v) is 28.3. The molecule has 18 nitrogen and oxygen atoms in total. The molecule has 18 heteroatoms. The molecule has 4 aliphatic rings. The number of hydrogen-bond donors (Lipinski definition) is 4. The van der Waals surface area contributed by atoms with Gasteiger partial charge in [-0.15, -0.1) is 0 Å². The van der Waals surface area contributed by atoms with Crippen LogP contribution in [0.4, 0.5) is 0 Å². The number of benzene rings is 8. The van der Waals surface area contributed by atoms with Crippen LogP contribution in [0, 0.1) is 13.8 Å². The molecule has 4 heterocycles. The molecule has 88 heavy (non-hydrogen) atoms. The number of aliphatic hydroxyl groups excluding tert-OH is 2. The number of Topliss-reactive ketones (excluding diaryl/α,β-unsaturated/α-hetero) is 2.